The Morgan fingerprint density at radius 3 is 3.18 bits per heavy atom. The molecule has 0 unspecified atom stereocenters. The highest BCUT2D eigenvalue weighted by atomic mass is 32.2. The molecular weight excluding hydrogens is 250 g/mol. The minimum atomic E-state index is 0.863. The maximum Gasteiger partial charge on any atom is 0.177 e. The largest absolute Gasteiger partial charge is 0.295 e. The van der Waals surface area contributed by atoms with Gasteiger partial charge in [-0.05, 0) is 22.9 Å². The standard InChI is InChI=1S/C12H7N3S2/c13-4-3-9-8-10(11-2-1-6-16-11)14-12-15(9)5-7-17-12/h1-3,5-8H/b9-3+. The molecule has 0 aliphatic carbocycles. The molecule has 0 bridgehead atoms. The van der Waals surface area contributed by atoms with E-state index >= 15 is 0 Å². The van der Waals surface area contributed by atoms with Gasteiger partial charge in [0.1, 0.15) is 0 Å². The first-order valence-corrected chi connectivity index (χ1v) is 6.71. The summed E-state index contributed by atoms with van der Waals surface area (Å²) in [6.45, 7) is 0. The third-order valence-electron chi connectivity index (χ3n) is 2.35. The van der Waals surface area contributed by atoms with Gasteiger partial charge in [0.2, 0.25) is 0 Å². The zero-order valence-electron chi connectivity index (χ0n) is 8.70. The predicted molar refractivity (Wildman–Crippen MR) is 72.0 cm³/mol. The topological polar surface area (TPSA) is 39.4 Å². The van der Waals surface area contributed by atoms with Crippen molar-refractivity contribution >= 4 is 34.0 Å². The minimum absolute atomic E-state index is 0.863. The molecule has 0 amide bonds. The molecule has 82 valence electrons. The van der Waals surface area contributed by atoms with Crippen molar-refractivity contribution in [1.82, 2.24) is 4.90 Å². The molecule has 0 saturated heterocycles. The number of hydrogen-bond acceptors (Lipinski definition) is 5. The summed E-state index contributed by atoms with van der Waals surface area (Å²) in [6.07, 6.45) is 5.40. The quantitative estimate of drug-likeness (QED) is 0.724. The summed E-state index contributed by atoms with van der Waals surface area (Å²) in [5, 5.41) is 13.7. The van der Waals surface area contributed by atoms with Gasteiger partial charge in [0, 0.05) is 12.3 Å². The van der Waals surface area contributed by atoms with Crippen LogP contribution in [0.15, 0.2) is 52.0 Å². The summed E-state index contributed by atoms with van der Waals surface area (Å²) >= 11 is 3.22. The van der Waals surface area contributed by atoms with Gasteiger partial charge in [-0.3, -0.25) is 4.90 Å². The highest BCUT2D eigenvalue weighted by Gasteiger charge is 2.22. The number of hydrogen-bond donors (Lipinski definition) is 0. The van der Waals surface area contributed by atoms with Crippen LogP contribution in [0.1, 0.15) is 4.88 Å². The van der Waals surface area contributed by atoms with Crippen molar-refractivity contribution in [3.63, 3.8) is 0 Å². The van der Waals surface area contributed by atoms with Crippen LogP contribution in [0.2, 0.25) is 0 Å². The van der Waals surface area contributed by atoms with Gasteiger partial charge in [-0.25, -0.2) is 4.99 Å². The van der Waals surface area contributed by atoms with Crippen molar-refractivity contribution in [3.8, 4) is 6.07 Å². The Labute approximate surface area is 107 Å². The molecular formula is C12H7N3S2. The lowest BCUT2D eigenvalue weighted by Crippen LogP contribution is -2.21. The van der Waals surface area contributed by atoms with Crippen LogP contribution >= 0.6 is 23.1 Å². The lowest BCUT2D eigenvalue weighted by Gasteiger charge is -2.21. The van der Waals surface area contributed by atoms with E-state index < -0.39 is 0 Å². The van der Waals surface area contributed by atoms with Crippen molar-refractivity contribution in [3.05, 3.63) is 51.8 Å². The number of amidine groups is 1. The van der Waals surface area contributed by atoms with Crippen molar-refractivity contribution in [1.29, 1.82) is 5.26 Å². The Morgan fingerprint density at radius 2 is 2.41 bits per heavy atom. The molecule has 0 fully saturated rings. The second-order valence-electron chi connectivity index (χ2n) is 3.37. The Kier molecular flexibility index (Phi) is 2.59. The van der Waals surface area contributed by atoms with Gasteiger partial charge in [-0.1, -0.05) is 17.8 Å². The van der Waals surface area contributed by atoms with Gasteiger partial charge in [0.05, 0.1) is 22.3 Å². The van der Waals surface area contributed by atoms with Crippen molar-refractivity contribution in [2.75, 3.05) is 0 Å². The van der Waals surface area contributed by atoms with Gasteiger partial charge in [0.25, 0.3) is 0 Å². The molecule has 17 heavy (non-hydrogen) atoms. The van der Waals surface area contributed by atoms with Gasteiger partial charge >= 0.3 is 0 Å². The fourth-order valence-electron chi connectivity index (χ4n) is 1.62. The second kappa shape index (κ2) is 4.24. The third-order valence-corrected chi connectivity index (χ3v) is 4.00. The molecule has 0 aromatic carbocycles. The number of nitrogens with zero attached hydrogens (tertiary/aromatic N) is 3. The number of nitriles is 1. The molecule has 3 rings (SSSR count). The molecule has 5 heteroatoms. The first-order chi connectivity index (χ1) is 8.38. The van der Waals surface area contributed by atoms with Crippen LogP contribution in [-0.4, -0.2) is 10.1 Å². The van der Waals surface area contributed by atoms with Crippen LogP contribution in [0.4, 0.5) is 0 Å². The Morgan fingerprint density at radius 1 is 1.47 bits per heavy atom. The number of aliphatic imine (C=N–C) groups is 1. The van der Waals surface area contributed by atoms with E-state index in [1.807, 2.05) is 40.1 Å². The Balaban J connectivity index is 2.07. The molecule has 0 spiro atoms. The van der Waals surface area contributed by atoms with E-state index in [1.165, 1.54) is 0 Å². The van der Waals surface area contributed by atoms with Crippen molar-refractivity contribution in [2.45, 2.75) is 0 Å². The second-order valence-corrected chi connectivity index (χ2v) is 5.19. The van der Waals surface area contributed by atoms with E-state index in [-0.39, 0.29) is 0 Å². The van der Waals surface area contributed by atoms with E-state index in [2.05, 4.69) is 11.1 Å². The number of rotatable bonds is 1. The molecule has 0 N–H and O–H groups in total. The van der Waals surface area contributed by atoms with Crippen LogP contribution in [0.25, 0.3) is 5.70 Å². The SMILES string of the molecule is N#C/C=C1\C=C(c2cccs2)N=C2SC=CN21. The van der Waals surface area contributed by atoms with Crippen LogP contribution in [0, 0.1) is 11.3 Å². The maximum atomic E-state index is 8.80. The number of thioether (sulfide) groups is 1. The fraction of sp³-hybridized carbons (Fsp3) is 0. The summed E-state index contributed by atoms with van der Waals surface area (Å²) in [6, 6.07) is 6.11. The monoisotopic (exact) mass is 257 g/mol. The lowest BCUT2D eigenvalue weighted by molar-refractivity contribution is 0.730. The smallest absolute Gasteiger partial charge is 0.177 e. The highest BCUT2D eigenvalue weighted by molar-refractivity contribution is 8.16. The van der Waals surface area contributed by atoms with Crippen molar-refractivity contribution < 1.29 is 0 Å². The molecule has 3 heterocycles. The molecule has 0 radical (unpaired) electrons. The van der Waals surface area contributed by atoms with Gasteiger partial charge in [-0.15, -0.1) is 11.3 Å². The maximum absolute atomic E-state index is 8.80. The highest BCUT2D eigenvalue weighted by Crippen LogP contribution is 2.34. The van der Waals surface area contributed by atoms with E-state index in [1.54, 1.807) is 29.2 Å². The molecule has 2 aliphatic heterocycles. The molecule has 1 aromatic rings. The molecule has 3 nitrogen and oxygen atoms in total. The van der Waals surface area contributed by atoms with E-state index in [0.29, 0.717) is 0 Å². The molecule has 0 atom stereocenters. The van der Waals surface area contributed by atoms with Crippen LogP contribution < -0.4 is 0 Å². The van der Waals surface area contributed by atoms with Crippen molar-refractivity contribution in [2.24, 2.45) is 4.99 Å². The summed E-state index contributed by atoms with van der Waals surface area (Å²) < 4.78 is 0. The van der Waals surface area contributed by atoms with Gasteiger partial charge in [0.15, 0.2) is 5.17 Å². The molecule has 1 aromatic heterocycles. The van der Waals surface area contributed by atoms with Gasteiger partial charge in [-0.2, -0.15) is 5.26 Å². The average Bonchev–Trinajstić information content (AvgIpc) is 3.00. The van der Waals surface area contributed by atoms with Gasteiger partial charge < -0.3 is 0 Å². The van der Waals surface area contributed by atoms with E-state index in [9.17, 15) is 0 Å². The summed E-state index contributed by atoms with van der Waals surface area (Å²) in [4.78, 5) is 7.62. The number of fused-ring (bicyclic) bond motifs is 1. The summed E-state index contributed by atoms with van der Waals surface area (Å²) in [7, 11) is 0. The fourth-order valence-corrected chi connectivity index (χ4v) is 3.04. The number of thiophene rings is 1. The zero-order valence-corrected chi connectivity index (χ0v) is 10.3. The minimum Gasteiger partial charge on any atom is -0.295 e. The van der Waals surface area contributed by atoms with E-state index in [4.69, 9.17) is 5.26 Å². The summed E-state index contributed by atoms with van der Waals surface area (Å²) in [5.41, 5.74) is 1.78. The van der Waals surface area contributed by atoms with Crippen LogP contribution in [0.5, 0.6) is 0 Å². The Hall–Kier alpha value is -1.77. The van der Waals surface area contributed by atoms with Crippen LogP contribution in [0.3, 0.4) is 0 Å². The summed E-state index contributed by atoms with van der Waals surface area (Å²) in [5.74, 6) is 0. The predicted octanol–water partition coefficient (Wildman–Crippen LogP) is 3.39. The molecule has 0 saturated carbocycles. The first kappa shape index (κ1) is 10.4. The third kappa shape index (κ3) is 1.82. The lowest BCUT2D eigenvalue weighted by atomic mass is 10.2. The zero-order chi connectivity index (χ0) is 11.7. The number of allylic oxidation sites excluding steroid dienone is 2. The Bertz CT molecular complexity index is 600. The van der Waals surface area contributed by atoms with E-state index in [0.717, 1.165) is 21.4 Å². The van der Waals surface area contributed by atoms with Crippen LogP contribution in [-0.2, 0) is 0 Å². The first-order valence-electron chi connectivity index (χ1n) is 4.95. The average molecular weight is 257 g/mol. The normalized spacial score (nSPS) is 19.9. The molecule has 2 aliphatic rings.